The molecule has 2 aliphatic heterocycles. The van der Waals surface area contributed by atoms with E-state index in [0.29, 0.717) is 5.56 Å². The van der Waals surface area contributed by atoms with E-state index in [2.05, 4.69) is 6.58 Å². The number of rotatable bonds is 8. The number of allylic oxidation sites excluding steroid dienone is 1. The highest BCUT2D eigenvalue weighted by molar-refractivity contribution is 5.46. The summed E-state index contributed by atoms with van der Waals surface area (Å²) < 4.78 is 22.3. The quantitative estimate of drug-likeness (QED) is 0.174. The van der Waals surface area contributed by atoms with Gasteiger partial charge in [0.25, 0.3) is 0 Å². The highest BCUT2D eigenvalue weighted by atomic mass is 16.7. The standard InChI is InChI=1S/C23H34O12/c1-4-23(2,3)11-6-5-10(32-21-19(30)17(28)15(26)13(8-24)34-21)7-12(11)33-22-20(31)18(29)16(27)14(9-25)35-22/h4-7,13-22,24-31H,1,8-9H2,2-3H3/t13-,14-,15-,16-,17+,18+,19-,20-,21-,22-/m1/s1. The van der Waals surface area contributed by atoms with Crippen LogP contribution in [0.3, 0.4) is 0 Å². The van der Waals surface area contributed by atoms with Crippen LogP contribution in [0.4, 0.5) is 0 Å². The Kier molecular flexibility index (Phi) is 8.76. The largest absolute Gasteiger partial charge is 0.462 e. The Morgan fingerprint density at radius 2 is 1.29 bits per heavy atom. The summed E-state index contributed by atoms with van der Waals surface area (Å²) in [6.07, 6.45) is -13.3. The van der Waals surface area contributed by atoms with Crippen molar-refractivity contribution in [2.24, 2.45) is 0 Å². The first-order valence-corrected chi connectivity index (χ1v) is 11.2. The third-order valence-corrected chi connectivity index (χ3v) is 6.35. The Morgan fingerprint density at radius 1 is 0.800 bits per heavy atom. The van der Waals surface area contributed by atoms with Gasteiger partial charge in [0.15, 0.2) is 0 Å². The Balaban J connectivity index is 1.91. The van der Waals surface area contributed by atoms with Crippen LogP contribution < -0.4 is 9.47 Å². The summed E-state index contributed by atoms with van der Waals surface area (Å²) in [6, 6.07) is 4.55. The van der Waals surface area contributed by atoms with Crippen molar-refractivity contribution in [3.8, 4) is 11.5 Å². The molecule has 1 aromatic rings. The molecule has 2 fully saturated rings. The minimum absolute atomic E-state index is 0.0949. The van der Waals surface area contributed by atoms with Gasteiger partial charge in [-0.05, 0) is 6.07 Å². The summed E-state index contributed by atoms with van der Waals surface area (Å²) in [7, 11) is 0. The summed E-state index contributed by atoms with van der Waals surface area (Å²) >= 11 is 0. The number of hydrogen-bond acceptors (Lipinski definition) is 12. The van der Waals surface area contributed by atoms with Gasteiger partial charge < -0.3 is 59.8 Å². The molecule has 0 radical (unpaired) electrons. The molecule has 2 aliphatic rings. The molecular weight excluding hydrogens is 468 g/mol. The Bertz CT molecular complexity index is 859. The van der Waals surface area contributed by atoms with Gasteiger partial charge in [0, 0.05) is 17.0 Å². The van der Waals surface area contributed by atoms with E-state index in [4.69, 9.17) is 18.9 Å². The average Bonchev–Trinajstić information content (AvgIpc) is 2.84. The molecule has 2 heterocycles. The van der Waals surface area contributed by atoms with Gasteiger partial charge in [0.05, 0.1) is 13.2 Å². The minimum Gasteiger partial charge on any atom is -0.462 e. The second kappa shape index (κ2) is 11.0. The molecule has 0 amide bonds. The lowest BCUT2D eigenvalue weighted by atomic mass is 9.84. The lowest BCUT2D eigenvalue weighted by Gasteiger charge is -2.40. The Labute approximate surface area is 202 Å². The SMILES string of the molecule is C=CC(C)(C)c1ccc(O[C@@H]2O[C@H](CO)[C@@H](O)[C@H](O)[C@H]2O)cc1O[C@@H]1O[C@H](CO)[C@@H](O)[C@H](O)[C@H]1O. The van der Waals surface area contributed by atoms with Crippen molar-refractivity contribution in [1.82, 2.24) is 0 Å². The topological polar surface area (TPSA) is 199 Å². The first kappa shape index (κ1) is 27.7. The second-order valence-corrected chi connectivity index (χ2v) is 9.21. The molecule has 0 saturated carbocycles. The van der Waals surface area contributed by atoms with E-state index in [0.717, 1.165) is 0 Å². The van der Waals surface area contributed by atoms with Crippen LogP contribution >= 0.6 is 0 Å². The van der Waals surface area contributed by atoms with E-state index in [9.17, 15) is 40.9 Å². The summed E-state index contributed by atoms with van der Waals surface area (Å²) in [5, 5.41) is 79.6. The zero-order valence-electron chi connectivity index (χ0n) is 19.4. The highest BCUT2D eigenvalue weighted by Gasteiger charge is 2.46. The van der Waals surface area contributed by atoms with Crippen LogP contribution in [0.25, 0.3) is 0 Å². The van der Waals surface area contributed by atoms with E-state index in [1.54, 1.807) is 12.1 Å². The second-order valence-electron chi connectivity index (χ2n) is 9.21. The van der Waals surface area contributed by atoms with E-state index < -0.39 is 80.0 Å². The van der Waals surface area contributed by atoms with Gasteiger partial charge in [0.2, 0.25) is 12.6 Å². The number of aliphatic hydroxyl groups excluding tert-OH is 8. The van der Waals surface area contributed by atoms with Gasteiger partial charge in [-0.25, -0.2) is 0 Å². The fourth-order valence-electron chi connectivity index (χ4n) is 3.90. The van der Waals surface area contributed by atoms with E-state index in [1.807, 2.05) is 13.8 Å². The Morgan fingerprint density at radius 3 is 1.74 bits per heavy atom. The molecule has 198 valence electrons. The zero-order chi connectivity index (χ0) is 26.1. The van der Waals surface area contributed by atoms with Gasteiger partial charge in [-0.15, -0.1) is 6.58 Å². The normalized spacial score (nSPS) is 38.1. The fraction of sp³-hybridized carbons (Fsp3) is 0.652. The summed E-state index contributed by atoms with van der Waals surface area (Å²) in [5.41, 5.74) is -0.0730. The maximum Gasteiger partial charge on any atom is 0.229 e. The number of ether oxygens (including phenoxy) is 4. The van der Waals surface area contributed by atoms with Crippen LogP contribution in [0.5, 0.6) is 11.5 Å². The highest BCUT2D eigenvalue weighted by Crippen LogP contribution is 2.38. The zero-order valence-corrected chi connectivity index (χ0v) is 19.4. The summed E-state index contributed by atoms with van der Waals surface area (Å²) in [5.74, 6) is 0.221. The predicted octanol–water partition coefficient (Wildman–Crippen LogP) is -2.49. The third-order valence-electron chi connectivity index (χ3n) is 6.35. The molecule has 0 bridgehead atoms. The molecule has 1 aromatic carbocycles. The third kappa shape index (κ3) is 5.62. The van der Waals surface area contributed by atoms with E-state index >= 15 is 0 Å². The molecule has 12 heteroatoms. The van der Waals surface area contributed by atoms with Gasteiger partial charge in [-0.3, -0.25) is 0 Å². The Hall–Kier alpha value is -1.84. The molecular formula is C23H34O12. The van der Waals surface area contributed by atoms with E-state index in [-0.39, 0.29) is 11.5 Å². The monoisotopic (exact) mass is 502 g/mol. The molecule has 0 spiro atoms. The molecule has 12 nitrogen and oxygen atoms in total. The molecule has 0 unspecified atom stereocenters. The predicted molar refractivity (Wildman–Crippen MR) is 118 cm³/mol. The van der Waals surface area contributed by atoms with Crippen LogP contribution in [0.15, 0.2) is 30.9 Å². The maximum absolute atomic E-state index is 10.4. The van der Waals surface area contributed by atoms with E-state index in [1.165, 1.54) is 12.1 Å². The van der Waals surface area contributed by atoms with Gasteiger partial charge >= 0.3 is 0 Å². The molecule has 2 saturated heterocycles. The number of aliphatic hydroxyl groups is 8. The minimum atomic E-state index is -1.65. The van der Waals surface area contributed by atoms with Gasteiger partial charge in [-0.2, -0.15) is 0 Å². The number of benzene rings is 1. The molecule has 35 heavy (non-hydrogen) atoms. The molecule has 0 aromatic heterocycles. The average molecular weight is 503 g/mol. The number of hydrogen-bond donors (Lipinski definition) is 8. The first-order chi connectivity index (χ1) is 16.4. The van der Waals surface area contributed by atoms with Crippen molar-refractivity contribution in [3.63, 3.8) is 0 Å². The van der Waals surface area contributed by atoms with Crippen molar-refractivity contribution >= 4 is 0 Å². The van der Waals surface area contributed by atoms with Crippen LogP contribution in [0, 0.1) is 0 Å². The van der Waals surface area contributed by atoms with Crippen LogP contribution in [0.2, 0.25) is 0 Å². The van der Waals surface area contributed by atoms with Crippen molar-refractivity contribution in [1.29, 1.82) is 0 Å². The van der Waals surface area contributed by atoms with Crippen LogP contribution in [-0.4, -0.2) is 115 Å². The maximum atomic E-state index is 10.4. The molecule has 3 rings (SSSR count). The summed E-state index contributed by atoms with van der Waals surface area (Å²) in [4.78, 5) is 0. The van der Waals surface area contributed by atoms with Crippen LogP contribution in [-0.2, 0) is 14.9 Å². The molecule has 10 atom stereocenters. The van der Waals surface area contributed by atoms with Gasteiger partial charge in [0.1, 0.15) is 60.3 Å². The van der Waals surface area contributed by atoms with Crippen molar-refractivity contribution in [2.45, 2.75) is 80.7 Å². The lowest BCUT2D eigenvalue weighted by Crippen LogP contribution is -2.60. The molecule has 0 aliphatic carbocycles. The van der Waals surface area contributed by atoms with Crippen LogP contribution in [0.1, 0.15) is 19.4 Å². The lowest BCUT2D eigenvalue weighted by molar-refractivity contribution is -0.278. The fourth-order valence-corrected chi connectivity index (χ4v) is 3.90. The van der Waals surface area contributed by atoms with Crippen molar-refractivity contribution in [2.75, 3.05) is 13.2 Å². The smallest absolute Gasteiger partial charge is 0.229 e. The van der Waals surface area contributed by atoms with Gasteiger partial charge in [-0.1, -0.05) is 26.0 Å². The first-order valence-electron chi connectivity index (χ1n) is 11.2. The van der Waals surface area contributed by atoms with Crippen molar-refractivity contribution < 1.29 is 59.8 Å². The molecule has 8 N–H and O–H groups in total. The summed E-state index contributed by atoms with van der Waals surface area (Å²) in [6.45, 7) is 6.25. The van der Waals surface area contributed by atoms with Crippen molar-refractivity contribution in [3.05, 3.63) is 36.4 Å².